The van der Waals surface area contributed by atoms with E-state index in [1.165, 1.54) is 0 Å². The van der Waals surface area contributed by atoms with Gasteiger partial charge in [0.25, 0.3) is 0 Å². The molecule has 16 heavy (non-hydrogen) atoms. The van der Waals surface area contributed by atoms with E-state index in [-0.39, 0.29) is 6.61 Å². The molecule has 0 heterocycles. The van der Waals surface area contributed by atoms with Gasteiger partial charge in [0.15, 0.2) is 0 Å². The van der Waals surface area contributed by atoms with Gasteiger partial charge in [0, 0.05) is 0 Å². The van der Waals surface area contributed by atoms with Crippen LogP contribution in [0.1, 0.15) is 25.8 Å². The second-order valence-electron chi connectivity index (χ2n) is 4.05. The standard InChI is InChI=1S/C12H17Cl2NO/c1-3-6-15-12(2,8-16)9-4-5-10(13)11(14)7-9/h4-5,7,15-16H,3,6,8H2,1-2H3. The van der Waals surface area contributed by atoms with Crippen molar-refractivity contribution in [1.82, 2.24) is 5.32 Å². The second kappa shape index (κ2) is 5.87. The van der Waals surface area contributed by atoms with Crippen molar-refractivity contribution >= 4 is 23.2 Å². The first-order chi connectivity index (χ1) is 7.53. The summed E-state index contributed by atoms with van der Waals surface area (Å²) in [5, 5.41) is 13.8. The molecule has 1 aromatic rings. The van der Waals surface area contributed by atoms with Gasteiger partial charge in [-0.25, -0.2) is 0 Å². The summed E-state index contributed by atoms with van der Waals surface area (Å²) >= 11 is 11.8. The van der Waals surface area contributed by atoms with Crippen molar-refractivity contribution in [3.63, 3.8) is 0 Å². The first-order valence-corrected chi connectivity index (χ1v) is 6.10. The molecular weight excluding hydrogens is 245 g/mol. The fourth-order valence-corrected chi connectivity index (χ4v) is 1.79. The Bertz CT molecular complexity index is 357. The predicted octanol–water partition coefficient (Wildman–Crippen LogP) is 3.20. The summed E-state index contributed by atoms with van der Waals surface area (Å²) in [4.78, 5) is 0. The van der Waals surface area contributed by atoms with Gasteiger partial charge in [0.1, 0.15) is 0 Å². The third-order valence-corrected chi connectivity index (χ3v) is 3.38. The van der Waals surface area contributed by atoms with Crippen molar-refractivity contribution in [3.8, 4) is 0 Å². The van der Waals surface area contributed by atoms with Crippen LogP contribution < -0.4 is 5.32 Å². The summed E-state index contributed by atoms with van der Waals surface area (Å²) in [7, 11) is 0. The lowest BCUT2D eigenvalue weighted by Crippen LogP contribution is -2.43. The molecule has 1 unspecified atom stereocenters. The minimum Gasteiger partial charge on any atom is -0.394 e. The quantitative estimate of drug-likeness (QED) is 0.854. The highest BCUT2D eigenvalue weighted by Gasteiger charge is 2.25. The number of rotatable bonds is 5. The average Bonchev–Trinajstić information content (AvgIpc) is 2.29. The fraction of sp³-hybridized carbons (Fsp3) is 0.500. The normalized spacial score (nSPS) is 14.8. The third kappa shape index (κ3) is 3.11. The number of benzene rings is 1. The Morgan fingerprint density at radius 1 is 1.31 bits per heavy atom. The molecule has 2 nitrogen and oxygen atoms in total. The van der Waals surface area contributed by atoms with Crippen molar-refractivity contribution in [3.05, 3.63) is 33.8 Å². The molecule has 1 aromatic carbocycles. The molecular formula is C12H17Cl2NO. The highest BCUT2D eigenvalue weighted by Crippen LogP contribution is 2.28. The Kier molecular flexibility index (Phi) is 5.06. The number of halogens is 2. The topological polar surface area (TPSA) is 32.3 Å². The van der Waals surface area contributed by atoms with E-state index in [9.17, 15) is 5.11 Å². The summed E-state index contributed by atoms with van der Waals surface area (Å²) in [6, 6.07) is 5.43. The zero-order valence-electron chi connectivity index (χ0n) is 9.56. The number of nitrogens with one attached hydrogen (secondary N) is 1. The molecule has 0 aromatic heterocycles. The summed E-state index contributed by atoms with van der Waals surface area (Å²) < 4.78 is 0. The molecule has 0 bridgehead atoms. The van der Waals surface area contributed by atoms with E-state index in [2.05, 4.69) is 12.2 Å². The van der Waals surface area contributed by atoms with Crippen LogP contribution in [0.4, 0.5) is 0 Å². The molecule has 0 saturated heterocycles. The Balaban J connectivity index is 2.97. The highest BCUT2D eigenvalue weighted by atomic mass is 35.5. The van der Waals surface area contributed by atoms with Gasteiger partial charge in [-0.2, -0.15) is 0 Å². The summed E-state index contributed by atoms with van der Waals surface area (Å²) in [6.45, 7) is 4.89. The lowest BCUT2D eigenvalue weighted by molar-refractivity contribution is 0.175. The van der Waals surface area contributed by atoms with E-state index in [0.29, 0.717) is 10.0 Å². The zero-order valence-corrected chi connectivity index (χ0v) is 11.1. The van der Waals surface area contributed by atoms with Crippen LogP contribution in [0.5, 0.6) is 0 Å². The maximum Gasteiger partial charge on any atom is 0.0652 e. The van der Waals surface area contributed by atoms with Crippen LogP contribution in [0.15, 0.2) is 18.2 Å². The van der Waals surface area contributed by atoms with Gasteiger partial charge in [-0.05, 0) is 37.6 Å². The van der Waals surface area contributed by atoms with E-state index in [0.717, 1.165) is 18.5 Å². The van der Waals surface area contributed by atoms with Crippen molar-refractivity contribution < 1.29 is 5.11 Å². The largest absolute Gasteiger partial charge is 0.394 e. The Labute approximate surface area is 107 Å². The Morgan fingerprint density at radius 2 is 2.00 bits per heavy atom. The van der Waals surface area contributed by atoms with Gasteiger partial charge in [-0.15, -0.1) is 0 Å². The summed E-state index contributed by atoms with van der Waals surface area (Å²) in [5.41, 5.74) is 0.474. The summed E-state index contributed by atoms with van der Waals surface area (Å²) in [5.74, 6) is 0. The molecule has 0 aliphatic rings. The maximum atomic E-state index is 9.49. The van der Waals surface area contributed by atoms with Crippen molar-refractivity contribution in [1.29, 1.82) is 0 Å². The molecule has 90 valence electrons. The predicted molar refractivity (Wildman–Crippen MR) is 69.2 cm³/mol. The molecule has 0 radical (unpaired) electrons. The zero-order chi connectivity index (χ0) is 12.2. The smallest absolute Gasteiger partial charge is 0.0652 e. The molecule has 1 rings (SSSR count). The molecule has 0 amide bonds. The Hall–Kier alpha value is -0.280. The Morgan fingerprint density at radius 3 is 2.50 bits per heavy atom. The lowest BCUT2D eigenvalue weighted by atomic mass is 9.93. The molecule has 0 saturated carbocycles. The minimum absolute atomic E-state index is 0.0188. The third-order valence-electron chi connectivity index (χ3n) is 2.64. The second-order valence-corrected chi connectivity index (χ2v) is 4.86. The van der Waals surface area contributed by atoms with Crippen LogP contribution in [0.25, 0.3) is 0 Å². The fourth-order valence-electron chi connectivity index (χ4n) is 1.49. The molecule has 0 aliphatic carbocycles. The van der Waals surface area contributed by atoms with E-state index in [4.69, 9.17) is 23.2 Å². The molecule has 0 spiro atoms. The SMILES string of the molecule is CCCNC(C)(CO)c1ccc(Cl)c(Cl)c1. The number of hydrogen-bond acceptors (Lipinski definition) is 2. The van der Waals surface area contributed by atoms with Crippen LogP contribution in [-0.4, -0.2) is 18.3 Å². The first kappa shape index (κ1) is 13.8. The van der Waals surface area contributed by atoms with Crippen molar-refractivity contribution in [2.24, 2.45) is 0 Å². The first-order valence-electron chi connectivity index (χ1n) is 5.35. The van der Waals surface area contributed by atoms with Gasteiger partial charge in [-0.1, -0.05) is 36.2 Å². The van der Waals surface area contributed by atoms with Crippen LogP contribution in [-0.2, 0) is 5.54 Å². The van der Waals surface area contributed by atoms with Crippen molar-refractivity contribution in [2.75, 3.05) is 13.2 Å². The van der Waals surface area contributed by atoms with Crippen molar-refractivity contribution in [2.45, 2.75) is 25.8 Å². The van der Waals surface area contributed by atoms with E-state index in [1.54, 1.807) is 12.1 Å². The molecule has 1 atom stereocenters. The van der Waals surface area contributed by atoms with Gasteiger partial charge >= 0.3 is 0 Å². The number of aliphatic hydroxyl groups excluding tert-OH is 1. The summed E-state index contributed by atoms with van der Waals surface area (Å²) in [6.07, 6.45) is 1.01. The monoisotopic (exact) mass is 261 g/mol. The number of aliphatic hydroxyl groups is 1. The lowest BCUT2D eigenvalue weighted by Gasteiger charge is -2.29. The van der Waals surface area contributed by atoms with Crippen LogP contribution in [0.2, 0.25) is 10.0 Å². The average molecular weight is 262 g/mol. The van der Waals surface area contributed by atoms with E-state index in [1.807, 2.05) is 13.0 Å². The van der Waals surface area contributed by atoms with Gasteiger partial charge < -0.3 is 10.4 Å². The van der Waals surface area contributed by atoms with E-state index >= 15 is 0 Å². The molecule has 0 aliphatic heterocycles. The van der Waals surface area contributed by atoms with Crippen LogP contribution in [0.3, 0.4) is 0 Å². The maximum absolute atomic E-state index is 9.49. The number of hydrogen-bond donors (Lipinski definition) is 2. The van der Waals surface area contributed by atoms with Crippen LogP contribution >= 0.6 is 23.2 Å². The molecule has 4 heteroatoms. The highest BCUT2D eigenvalue weighted by molar-refractivity contribution is 6.42. The van der Waals surface area contributed by atoms with Gasteiger partial charge in [0.2, 0.25) is 0 Å². The van der Waals surface area contributed by atoms with Crippen LogP contribution in [0, 0.1) is 0 Å². The van der Waals surface area contributed by atoms with E-state index < -0.39 is 5.54 Å². The van der Waals surface area contributed by atoms with Gasteiger partial charge in [0.05, 0.1) is 22.2 Å². The molecule has 0 fully saturated rings. The minimum atomic E-state index is -0.468. The molecule has 2 N–H and O–H groups in total. The van der Waals surface area contributed by atoms with Gasteiger partial charge in [-0.3, -0.25) is 0 Å².